The van der Waals surface area contributed by atoms with E-state index >= 15 is 0 Å². The van der Waals surface area contributed by atoms with Crippen LogP contribution in [0, 0.1) is 30.6 Å². The summed E-state index contributed by atoms with van der Waals surface area (Å²) in [6.07, 6.45) is 5.60. The number of aliphatic hydroxyl groups excluding tert-OH is 1. The molecule has 8 nitrogen and oxygen atoms in total. The van der Waals surface area contributed by atoms with Crippen molar-refractivity contribution in [1.29, 1.82) is 0 Å². The van der Waals surface area contributed by atoms with Crippen molar-refractivity contribution in [2.75, 3.05) is 24.7 Å². The molecule has 3 heterocycles. The zero-order chi connectivity index (χ0) is 31.0. The fourth-order valence-corrected chi connectivity index (χ4v) is 7.87. The van der Waals surface area contributed by atoms with Crippen LogP contribution in [0.15, 0.2) is 43.5 Å². The van der Waals surface area contributed by atoms with Gasteiger partial charge in [0.05, 0.1) is 41.5 Å². The SMILES string of the molecule is C=CCCCOC(=O)[C@H]1[C@H]2C(=O)N([C@@H](CO)CC(C)C)C(C(=O)N(CC=C)c3c(C)cccc3Cl)C23CC(C)[C@]1(C)O3. The molecule has 1 aromatic rings. The molecule has 0 aliphatic carbocycles. The van der Waals surface area contributed by atoms with E-state index in [2.05, 4.69) is 13.2 Å². The maximum absolute atomic E-state index is 14.9. The molecule has 0 saturated carbocycles. The van der Waals surface area contributed by atoms with E-state index in [0.717, 1.165) is 5.56 Å². The second-order valence-corrected chi connectivity index (χ2v) is 13.1. The summed E-state index contributed by atoms with van der Waals surface area (Å²) in [6.45, 7) is 17.4. The van der Waals surface area contributed by atoms with Gasteiger partial charge < -0.3 is 24.4 Å². The van der Waals surface area contributed by atoms with Crippen LogP contribution in [-0.4, -0.2) is 70.8 Å². The number of halogens is 1. The predicted molar refractivity (Wildman–Crippen MR) is 163 cm³/mol. The maximum atomic E-state index is 14.9. The highest BCUT2D eigenvalue weighted by Crippen LogP contribution is 2.66. The molecular weight excluding hydrogens is 556 g/mol. The Hall–Kier alpha value is -2.68. The van der Waals surface area contributed by atoms with E-state index < -0.39 is 41.1 Å². The van der Waals surface area contributed by atoms with Crippen LogP contribution in [0.25, 0.3) is 0 Å². The lowest BCUT2D eigenvalue weighted by Gasteiger charge is -2.40. The van der Waals surface area contributed by atoms with Crippen LogP contribution in [0.2, 0.25) is 5.02 Å². The van der Waals surface area contributed by atoms with E-state index in [1.54, 1.807) is 23.1 Å². The Morgan fingerprint density at radius 2 is 2.02 bits per heavy atom. The number of hydrogen-bond donors (Lipinski definition) is 1. The lowest BCUT2D eigenvalue weighted by molar-refractivity contribution is -0.162. The molecule has 1 aromatic carbocycles. The molecule has 230 valence electrons. The van der Waals surface area contributed by atoms with Crippen LogP contribution >= 0.6 is 11.6 Å². The van der Waals surface area contributed by atoms with Crippen molar-refractivity contribution < 1.29 is 29.0 Å². The number of carbonyl (C=O) groups is 3. The summed E-state index contributed by atoms with van der Waals surface area (Å²) in [5.41, 5.74) is -0.935. The molecule has 3 aliphatic rings. The molecule has 3 fully saturated rings. The second-order valence-electron chi connectivity index (χ2n) is 12.7. The highest BCUT2D eigenvalue weighted by molar-refractivity contribution is 6.34. The van der Waals surface area contributed by atoms with Crippen molar-refractivity contribution in [3.8, 4) is 0 Å². The number of aliphatic hydroxyl groups is 1. The molecule has 3 unspecified atom stereocenters. The second kappa shape index (κ2) is 12.5. The third kappa shape index (κ3) is 5.20. The van der Waals surface area contributed by atoms with E-state index in [1.807, 2.05) is 46.8 Å². The van der Waals surface area contributed by atoms with Gasteiger partial charge in [-0.2, -0.15) is 0 Å². The third-order valence-corrected chi connectivity index (χ3v) is 9.73. The molecule has 7 atom stereocenters. The number of ether oxygens (including phenoxy) is 2. The first kappa shape index (κ1) is 32.2. The normalized spacial score (nSPS) is 30.4. The number of nitrogens with zero attached hydrogens (tertiary/aromatic N) is 2. The number of likely N-dealkylation sites (tertiary alicyclic amines) is 1. The number of amides is 2. The van der Waals surface area contributed by atoms with Crippen LogP contribution in [-0.2, 0) is 23.9 Å². The number of para-hydroxylation sites is 1. The number of carbonyl (C=O) groups excluding carboxylic acids is 3. The van der Waals surface area contributed by atoms with Gasteiger partial charge in [-0.05, 0) is 63.0 Å². The molecule has 3 saturated heterocycles. The van der Waals surface area contributed by atoms with Gasteiger partial charge in [0.15, 0.2) is 0 Å². The van der Waals surface area contributed by atoms with E-state index in [9.17, 15) is 19.5 Å². The Bertz CT molecular complexity index is 1210. The average Bonchev–Trinajstić information content (AvgIpc) is 3.45. The Labute approximate surface area is 254 Å². The molecule has 0 aromatic heterocycles. The summed E-state index contributed by atoms with van der Waals surface area (Å²) in [4.78, 5) is 46.2. The van der Waals surface area contributed by atoms with Gasteiger partial charge in [-0.3, -0.25) is 14.4 Å². The van der Waals surface area contributed by atoms with E-state index in [1.165, 1.54) is 4.90 Å². The standard InChI is InChI=1S/C33H45ClN2O6/c1-8-10-11-16-41-31(40)26-25-29(38)36(23(19-37)17-20(3)4)28(33(25)18-22(6)32(26,7)42-33)30(39)35(15-9-2)27-21(5)13-12-14-24(27)34/h8-9,12-14,20,22-23,25-26,28,37H,1-2,10-11,15-19H2,3-7H3/t22?,23-,25+,26-,28?,32+,33?/m1/s1. The van der Waals surface area contributed by atoms with Gasteiger partial charge in [-0.1, -0.05) is 56.7 Å². The first-order chi connectivity index (χ1) is 19.9. The maximum Gasteiger partial charge on any atom is 0.312 e. The number of esters is 1. The largest absolute Gasteiger partial charge is 0.465 e. The number of rotatable bonds is 13. The molecule has 2 bridgehead atoms. The lowest BCUT2D eigenvalue weighted by atomic mass is 9.62. The van der Waals surface area contributed by atoms with Crippen molar-refractivity contribution >= 4 is 35.1 Å². The zero-order valence-electron chi connectivity index (χ0n) is 25.5. The smallest absolute Gasteiger partial charge is 0.312 e. The third-order valence-electron chi connectivity index (χ3n) is 9.42. The number of hydrogen-bond acceptors (Lipinski definition) is 6. The molecule has 2 amide bonds. The topological polar surface area (TPSA) is 96.4 Å². The number of fused-ring (bicyclic) bond motifs is 1. The number of benzene rings is 1. The van der Waals surface area contributed by atoms with Gasteiger partial charge in [0.25, 0.3) is 5.91 Å². The molecule has 4 rings (SSSR count). The highest BCUT2D eigenvalue weighted by atomic mass is 35.5. The summed E-state index contributed by atoms with van der Waals surface area (Å²) in [6, 6.07) is 3.69. The van der Waals surface area contributed by atoms with Gasteiger partial charge in [0.2, 0.25) is 5.91 Å². The van der Waals surface area contributed by atoms with Gasteiger partial charge >= 0.3 is 5.97 Å². The minimum atomic E-state index is -1.27. The van der Waals surface area contributed by atoms with E-state index in [0.29, 0.717) is 36.4 Å². The van der Waals surface area contributed by atoms with Crippen LogP contribution in [0.3, 0.4) is 0 Å². The van der Waals surface area contributed by atoms with Crippen molar-refractivity contribution in [3.05, 3.63) is 54.1 Å². The molecule has 1 N–H and O–H groups in total. The van der Waals surface area contributed by atoms with Crippen molar-refractivity contribution in [2.24, 2.45) is 23.7 Å². The van der Waals surface area contributed by atoms with Crippen LogP contribution < -0.4 is 4.90 Å². The minimum absolute atomic E-state index is 0.130. The Morgan fingerprint density at radius 1 is 1.31 bits per heavy atom. The number of anilines is 1. The molecule has 0 radical (unpaired) electrons. The van der Waals surface area contributed by atoms with Crippen LogP contribution in [0.1, 0.15) is 58.9 Å². The van der Waals surface area contributed by atoms with Gasteiger partial charge in [0.1, 0.15) is 17.6 Å². The summed E-state index contributed by atoms with van der Waals surface area (Å²) in [5.74, 6) is -3.01. The number of allylic oxidation sites excluding steroid dienone is 1. The minimum Gasteiger partial charge on any atom is -0.465 e. The van der Waals surface area contributed by atoms with Gasteiger partial charge in [0, 0.05) is 6.54 Å². The molecule has 3 aliphatic heterocycles. The fraction of sp³-hybridized carbons (Fsp3) is 0.606. The quantitative estimate of drug-likeness (QED) is 0.192. The average molecular weight is 601 g/mol. The number of unbranched alkanes of at least 4 members (excludes halogenated alkanes) is 1. The lowest BCUT2D eigenvalue weighted by Crippen LogP contribution is -2.59. The van der Waals surface area contributed by atoms with Crippen molar-refractivity contribution in [3.63, 3.8) is 0 Å². The van der Waals surface area contributed by atoms with E-state index in [-0.39, 0.29) is 43.4 Å². The molecular formula is C33H45ClN2O6. The highest BCUT2D eigenvalue weighted by Gasteiger charge is 2.80. The summed E-state index contributed by atoms with van der Waals surface area (Å²) < 4.78 is 12.5. The van der Waals surface area contributed by atoms with Crippen LogP contribution in [0.4, 0.5) is 5.69 Å². The monoisotopic (exact) mass is 600 g/mol. The predicted octanol–water partition coefficient (Wildman–Crippen LogP) is 5.09. The van der Waals surface area contributed by atoms with E-state index in [4.69, 9.17) is 21.1 Å². The number of aryl methyl sites for hydroxylation is 1. The van der Waals surface area contributed by atoms with Crippen LogP contribution in [0.5, 0.6) is 0 Å². The first-order valence-corrected chi connectivity index (χ1v) is 15.3. The fourth-order valence-electron chi connectivity index (χ4n) is 7.55. The molecule has 1 spiro atoms. The van der Waals surface area contributed by atoms with Crippen molar-refractivity contribution in [1.82, 2.24) is 4.90 Å². The Kier molecular flexibility index (Phi) is 9.60. The Morgan fingerprint density at radius 3 is 2.62 bits per heavy atom. The summed E-state index contributed by atoms with van der Waals surface area (Å²) in [5, 5.41) is 11.0. The zero-order valence-corrected chi connectivity index (χ0v) is 26.2. The summed E-state index contributed by atoms with van der Waals surface area (Å²) >= 11 is 6.66. The molecule has 9 heteroatoms. The molecule has 42 heavy (non-hydrogen) atoms. The van der Waals surface area contributed by atoms with Gasteiger partial charge in [-0.15, -0.1) is 13.2 Å². The first-order valence-electron chi connectivity index (χ1n) is 15.0. The van der Waals surface area contributed by atoms with Gasteiger partial charge in [-0.25, -0.2) is 0 Å². The Balaban J connectivity index is 1.86. The van der Waals surface area contributed by atoms with Crippen molar-refractivity contribution in [2.45, 2.75) is 83.6 Å². The summed E-state index contributed by atoms with van der Waals surface area (Å²) in [7, 11) is 0.